The van der Waals surface area contributed by atoms with Gasteiger partial charge in [-0.2, -0.15) is 42.0 Å². The Morgan fingerprint density at radius 1 is 0.711 bits per heavy atom. The number of unbranched alkanes of at least 4 members (excludes halogenated alkanes) is 2. The van der Waals surface area contributed by atoms with Crippen LogP contribution in [0.5, 0.6) is 0 Å². The minimum atomic E-state index is 0. The van der Waals surface area contributed by atoms with E-state index in [4.69, 9.17) is 0 Å². The van der Waals surface area contributed by atoms with Gasteiger partial charge in [0.15, 0.2) is 0 Å². The van der Waals surface area contributed by atoms with E-state index in [2.05, 4.69) is 122 Å². The van der Waals surface area contributed by atoms with Crippen molar-refractivity contribution in [3.05, 3.63) is 160 Å². The van der Waals surface area contributed by atoms with Crippen LogP contribution in [0.25, 0.3) is 11.1 Å². The molecule has 0 heterocycles. The summed E-state index contributed by atoms with van der Waals surface area (Å²) in [5.74, 6) is 0. The number of hydrogen-bond donors (Lipinski definition) is 0. The van der Waals surface area contributed by atoms with Gasteiger partial charge < -0.3 is 24.8 Å². The van der Waals surface area contributed by atoms with Gasteiger partial charge in [-0.25, -0.2) is 12.1 Å². The number of aryl methyl sites for hydroxylation is 4. The quantitative estimate of drug-likeness (QED) is 0.163. The third-order valence-corrected chi connectivity index (χ3v) is 8.35. The fourth-order valence-electron chi connectivity index (χ4n) is 5.20. The van der Waals surface area contributed by atoms with Crippen LogP contribution in [0.1, 0.15) is 84.0 Å². The number of fused-ring (bicyclic) bond motifs is 3. The molecule has 0 bridgehead atoms. The third kappa shape index (κ3) is 12.5. The van der Waals surface area contributed by atoms with E-state index >= 15 is 0 Å². The first-order valence-corrected chi connectivity index (χ1v) is 16.0. The third-order valence-electron chi connectivity index (χ3n) is 7.77. The first-order valence-electron chi connectivity index (χ1n) is 15.5. The smallest absolute Gasteiger partial charge is 1.00 e. The second-order valence-corrected chi connectivity index (χ2v) is 11.8. The number of hydrogen-bond acceptors (Lipinski definition) is 0. The van der Waals surface area contributed by atoms with Crippen molar-refractivity contribution in [1.82, 2.24) is 0 Å². The van der Waals surface area contributed by atoms with Gasteiger partial charge in [-0.1, -0.05) is 123 Å². The Kier molecular flexibility index (Phi) is 19.5. The summed E-state index contributed by atoms with van der Waals surface area (Å²) in [5, 5.41) is 1.14. The SMILES string of the molecule is CCCCc1[c-]c2c(cc1)-c1ccc(CCCC)cc1C2.Cc1ccc(C(=[Si])c2ccc(C)cc2)cc1.[Cl-].[Cl-].[Zr+4].c1cc[cH-]c1. The summed E-state index contributed by atoms with van der Waals surface area (Å²) in [6.45, 7) is 8.71. The zero-order chi connectivity index (χ0) is 29.7. The van der Waals surface area contributed by atoms with Gasteiger partial charge in [0, 0.05) is 9.85 Å². The molecule has 0 saturated carbocycles. The van der Waals surface area contributed by atoms with Crippen molar-refractivity contribution < 1.29 is 51.0 Å². The van der Waals surface area contributed by atoms with Crippen molar-refractivity contribution in [2.75, 3.05) is 0 Å². The summed E-state index contributed by atoms with van der Waals surface area (Å²) in [5.41, 5.74) is 13.6. The van der Waals surface area contributed by atoms with E-state index < -0.39 is 0 Å². The molecule has 1 aliphatic rings. The molecule has 45 heavy (non-hydrogen) atoms. The van der Waals surface area contributed by atoms with Gasteiger partial charge >= 0.3 is 26.2 Å². The Balaban J connectivity index is 0.000000376. The molecule has 230 valence electrons. The Morgan fingerprint density at radius 2 is 1.24 bits per heavy atom. The molecule has 0 unspecified atom stereocenters. The molecule has 0 nitrogen and oxygen atoms in total. The molecule has 0 fully saturated rings. The topological polar surface area (TPSA) is 0 Å². The average molecular weight is 727 g/mol. The van der Waals surface area contributed by atoms with Gasteiger partial charge in [0.25, 0.3) is 0 Å². The van der Waals surface area contributed by atoms with E-state index in [0.717, 1.165) is 11.6 Å². The van der Waals surface area contributed by atoms with Crippen LogP contribution < -0.4 is 24.8 Å². The van der Waals surface area contributed by atoms with Crippen LogP contribution in [-0.4, -0.2) is 15.0 Å². The van der Waals surface area contributed by atoms with Gasteiger partial charge in [-0.05, 0) is 60.5 Å². The maximum atomic E-state index is 3.71. The minimum absolute atomic E-state index is 0. The molecule has 0 amide bonds. The molecular weight excluding hydrogens is 683 g/mol. The molecule has 0 N–H and O–H groups in total. The Bertz CT molecular complexity index is 1420. The van der Waals surface area contributed by atoms with Crippen molar-refractivity contribution >= 4 is 15.0 Å². The summed E-state index contributed by atoms with van der Waals surface area (Å²) in [7, 11) is 3.71. The van der Waals surface area contributed by atoms with Crippen LogP contribution in [0.4, 0.5) is 0 Å². The second-order valence-electron chi connectivity index (χ2n) is 11.3. The Labute approximate surface area is 307 Å². The summed E-state index contributed by atoms with van der Waals surface area (Å²) >= 11 is 0. The van der Waals surface area contributed by atoms with Crippen molar-refractivity contribution in [2.45, 2.75) is 72.6 Å². The van der Waals surface area contributed by atoms with E-state index in [1.807, 2.05) is 30.3 Å². The van der Waals surface area contributed by atoms with Gasteiger partial charge in [-0.3, -0.25) is 0 Å². The molecule has 1 aliphatic carbocycles. The molecule has 0 aromatic heterocycles. The normalized spacial score (nSPS) is 10.2. The Hall–Kier alpha value is -2.22. The molecular formula is C41H44Cl2SiZr. The molecule has 5 aromatic rings. The molecule has 0 atom stereocenters. The van der Waals surface area contributed by atoms with Crippen molar-refractivity contribution in [2.24, 2.45) is 0 Å². The summed E-state index contributed by atoms with van der Waals surface area (Å²) in [4.78, 5) is 0. The summed E-state index contributed by atoms with van der Waals surface area (Å²) < 4.78 is 0. The van der Waals surface area contributed by atoms with Crippen LogP contribution in [0.2, 0.25) is 0 Å². The maximum absolute atomic E-state index is 3.71. The Morgan fingerprint density at radius 3 is 1.76 bits per heavy atom. The van der Waals surface area contributed by atoms with Crippen molar-refractivity contribution in [3.8, 4) is 11.1 Å². The molecule has 5 aromatic carbocycles. The van der Waals surface area contributed by atoms with Crippen LogP contribution in [0.3, 0.4) is 0 Å². The number of halogens is 2. The molecule has 0 aliphatic heterocycles. The summed E-state index contributed by atoms with van der Waals surface area (Å²) in [6.07, 6.45) is 8.54. The predicted octanol–water partition coefficient (Wildman–Crippen LogP) is 4.19. The number of benzene rings is 4. The van der Waals surface area contributed by atoms with Gasteiger partial charge in [-0.15, -0.1) is 11.1 Å². The first-order chi connectivity index (χ1) is 20.5. The van der Waals surface area contributed by atoms with Crippen LogP contribution in [-0.2, 0) is 45.5 Å². The fourth-order valence-corrected chi connectivity index (χ4v) is 5.54. The standard InChI is InChI=1S/C21H25.C15H14Si.C5H5.2ClH.Zr/c1-3-5-7-16-9-11-20-18(13-16)15-19-14-17(8-6-4-2)10-12-21(19)20;1-11-3-7-13(8-4-11)15(16)14-9-5-12(2)6-10-14;1-2-4-5-3-1;;;/h9-13H,3-8,15H2,1-2H3;3-10H,1-2H3;1-5H;2*1H;/q-1;;-1;;;+4/p-2. The van der Waals surface area contributed by atoms with Gasteiger partial charge in [0.2, 0.25) is 0 Å². The predicted molar refractivity (Wildman–Crippen MR) is 184 cm³/mol. The summed E-state index contributed by atoms with van der Waals surface area (Å²) in [6, 6.07) is 42.4. The monoisotopic (exact) mass is 724 g/mol. The van der Waals surface area contributed by atoms with Crippen molar-refractivity contribution in [1.29, 1.82) is 0 Å². The zero-order valence-electron chi connectivity index (χ0n) is 27.1. The van der Waals surface area contributed by atoms with Gasteiger partial charge in [0.05, 0.1) is 0 Å². The van der Waals surface area contributed by atoms with E-state index in [1.165, 1.54) is 94.2 Å². The number of rotatable bonds is 8. The van der Waals surface area contributed by atoms with Crippen LogP contribution in [0, 0.1) is 19.9 Å². The van der Waals surface area contributed by atoms with E-state index in [9.17, 15) is 0 Å². The molecule has 6 rings (SSSR count). The molecule has 0 spiro atoms. The average Bonchev–Trinajstić information content (AvgIpc) is 3.71. The minimum Gasteiger partial charge on any atom is -1.00 e. The van der Waals surface area contributed by atoms with E-state index in [-0.39, 0.29) is 51.0 Å². The molecule has 2 radical (unpaired) electrons. The van der Waals surface area contributed by atoms with E-state index in [0.29, 0.717) is 0 Å². The van der Waals surface area contributed by atoms with E-state index in [1.54, 1.807) is 0 Å². The molecule has 0 saturated heterocycles. The largest absolute Gasteiger partial charge is 4.00 e. The molecule has 4 heteroatoms. The van der Waals surface area contributed by atoms with Crippen LogP contribution in [0.15, 0.2) is 109 Å². The first kappa shape index (κ1) is 40.8. The van der Waals surface area contributed by atoms with Gasteiger partial charge in [0.1, 0.15) is 0 Å². The second kappa shape index (κ2) is 21.6. The zero-order valence-corrected chi connectivity index (χ0v) is 32.1. The van der Waals surface area contributed by atoms with Crippen molar-refractivity contribution in [3.63, 3.8) is 0 Å². The van der Waals surface area contributed by atoms with Crippen LogP contribution >= 0.6 is 0 Å². The maximum Gasteiger partial charge on any atom is 4.00 e. The fraction of sp³-hybridized carbons (Fsp3) is 0.268.